The van der Waals surface area contributed by atoms with Crippen LogP contribution in [0.3, 0.4) is 0 Å². The Morgan fingerprint density at radius 3 is 2.58 bits per heavy atom. The molecule has 26 heavy (non-hydrogen) atoms. The van der Waals surface area contributed by atoms with Gasteiger partial charge in [-0.3, -0.25) is 19.3 Å². The van der Waals surface area contributed by atoms with Crippen LogP contribution in [0.5, 0.6) is 0 Å². The number of esters is 1. The summed E-state index contributed by atoms with van der Waals surface area (Å²) in [5.41, 5.74) is 0.486. The molecule has 0 saturated carbocycles. The molecule has 3 rings (SSSR count). The second-order valence-corrected chi connectivity index (χ2v) is 6.44. The largest absolute Gasteiger partial charge is 0.454 e. The van der Waals surface area contributed by atoms with Crippen LogP contribution in [0.1, 0.15) is 40.7 Å². The van der Waals surface area contributed by atoms with E-state index in [9.17, 15) is 19.2 Å². The number of imide groups is 1. The second-order valence-electron chi connectivity index (χ2n) is 5.49. The minimum absolute atomic E-state index is 0.109. The van der Waals surface area contributed by atoms with Crippen molar-refractivity contribution < 1.29 is 28.7 Å². The van der Waals surface area contributed by atoms with Gasteiger partial charge in [0.15, 0.2) is 6.61 Å². The van der Waals surface area contributed by atoms with Gasteiger partial charge < -0.3 is 9.47 Å². The third-order valence-electron chi connectivity index (χ3n) is 3.86. The minimum atomic E-state index is -0.728. The number of carbonyl (C=O) groups is 4. The number of thiophene rings is 1. The molecule has 7 nitrogen and oxygen atoms in total. The van der Waals surface area contributed by atoms with Crippen LogP contribution in [0.4, 0.5) is 0 Å². The molecule has 2 aromatic rings. The first-order valence-corrected chi connectivity index (χ1v) is 8.64. The van der Waals surface area contributed by atoms with Gasteiger partial charge in [-0.05, 0) is 29.6 Å². The number of ketones is 1. The van der Waals surface area contributed by atoms with E-state index in [0.29, 0.717) is 4.88 Å². The van der Waals surface area contributed by atoms with Crippen molar-refractivity contribution >= 4 is 34.9 Å². The molecule has 0 saturated heterocycles. The fourth-order valence-electron chi connectivity index (χ4n) is 2.53. The van der Waals surface area contributed by atoms with Gasteiger partial charge in [0.1, 0.15) is 0 Å². The normalized spacial score (nSPS) is 13.0. The summed E-state index contributed by atoms with van der Waals surface area (Å²) in [6, 6.07) is 7.52. The van der Waals surface area contributed by atoms with Crippen molar-refractivity contribution in [3.05, 3.63) is 57.3 Å². The fourth-order valence-corrected chi connectivity index (χ4v) is 3.18. The molecule has 1 aromatic heterocycles. The Balaban J connectivity index is 1.70. The zero-order valence-corrected chi connectivity index (χ0v) is 14.7. The Morgan fingerprint density at radius 1 is 1.12 bits per heavy atom. The third-order valence-corrected chi connectivity index (χ3v) is 4.77. The van der Waals surface area contributed by atoms with Crippen molar-refractivity contribution in [2.45, 2.75) is 0 Å². The Labute approximate surface area is 153 Å². The van der Waals surface area contributed by atoms with E-state index in [2.05, 4.69) is 0 Å². The molecule has 0 atom stereocenters. The van der Waals surface area contributed by atoms with Crippen molar-refractivity contribution in [3.8, 4) is 0 Å². The second kappa shape index (κ2) is 7.59. The lowest BCUT2D eigenvalue weighted by atomic mass is 10.1. The fraction of sp³-hybridized carbons (Fsp3) is 0.222. The Bertz CT molecular complexity index is 874. The number of amides is 2. The van der Waals surface area contributed by atoms with Crippen LogP contribution in [0.2, 0.25) is 0 Å². The highest BCUT2D eigenvalue weighted by Gasteiger charge is 2.35. The zero-order valence-electron chi connectivity index (χ0n) is 13.9. The first kappa shape index (κ1) is 18.0. The molecule has 0 radical (unpaired) electrons. The van der Waals surface area contributed by atoms with Crippen LogP contribution in [0, 0.1) is 0 Å². The molecule has 0 unspecified atom stereocenters. The molecule has 0 aliphatic carbocycles. The summed E-state index contributed by atoms with van der Waals surface area (Å²) < 4.78 is 9.91. The van der Waals surface area contributed by atoms with Crippen molar-refractivity contribution in [2.75, 3.05) is 26.9 Å². The number of nitrogens with zero attached hydrogens (tertiary/aromatic N) is 1. The lowest BCUT2D eigenvalue weighted by Crippen LogP contribution is -2.32. The van der Waals surface area contributed by atoms with E-state index in [0.717, 1.165) is 4.90 Å². The maximum absolute atomic E-state index is 12.4. The number of benzene rings is 1. The molecule has 0 spiro atoms. The zero-order chi connectivity index (χ0) is 18.7. The maximum atomic E-state index is 12.4. The molecule has 2 amide bonds. The van der Waals surface area contributed by atoms with Crippen LogP contribution in [0.25, 0.3) is 0 Å². The molecule has 8 heteroatoms. The van der Waals surface area contributed by atoms with Gasteiger partial charge in [-0.15, -0.1) is 11.3 Å². The average molecular weight is 373 g/mol. The highest BCUT2D eigenvalue weighted by Crippen LogP contribution is 2.24. The van der Waals surface area contributed by atoms with Gasteiger partial charge in [-0.25, -0.2) is 4.79 Å². The first-order chi connectivity index (χ1) is 12.5. The summed E-state index contributed by atoms with van der Waals surface area (Å²) in [7, 11) is 1.48. The van der Waals surface area contributed by atoms with E-state index in [1.165, 1.54) is 36.6 Å². The number of rotatable bonds is 7. The average Bonchev–Trinajstić information content (AvgIpc) is 3.26. The highest BCUT2D eigenvalue weighted by molar-refractivity contribution is 7.12. The predicted octanol–water partition coefficient (Wildman–Crippen LogP) is 2.03. The summed E-state index contributed by atoms with van der Waals surface area (Å²) in [4.78, 5) is 50.2. The molecule has 1 aliphatic heterocycles. The van der Waals surface area contributed by atoms with Gasteiger partial charge in [0.05, 0.1) is 34.7 Å². The standard InChI is InChI=1S/C18H15NO6S/c1-24-7-6-19-16(21)12-5-4-11(9-13(12)17(19)22)18(23)25-10-14(20)15-3-2-8-26-15/h2-5,8-9H,6-7,10H2,1H3. The topological polar surface area (TPSA) is 90.0 Å². The van der Waals surface area contributed by atoms with Gasteiger partial charge in [0.2, 0.25) is 5.78 Å². The summed E-state index contributed by atoms with van der Waals surface area (Å²) in [5, 5.41) is 1.76. The number of ether oxygens (including phenoxy) is 2. The SMILES string of the molecule is COCCN1C(=O)c2ccc(C(=O)OCC(=O)c3cccs3)cc2C1=O. The maximum Gasteiger partial charge on any atom is 0.338 e. The summed E-state index contributed by atoms with van der Waals surface area (Å²) in [6.45, 7) is -0.0214. The van der Waals surface area contributed by atoms with E-state index >= 15 is 0 Å². The lowest BCUT2D eigenvalue weighted by molar-refractivity contribution is 0.0475. The van der Waals surface area contributed by atoms with Crippen molar-refractivity contribution in [1.29, 1.82) is 0 Å². The van der Waals surface area contributed by atoms with Crippen LogP contribution in [-0.2, 0) is 9.47 Å². The Kier molecular flexibility index (Phi) is 5.24. The van der Waals surface area contributed by atoms with Gasteiger partial charge in [0.25, 0.3) is 11.8 Å². The van der Waals surface area contributed by atoms with E-state index in [1.807, 2.05) is 0 Å². The molecule has 1 aromatic carbocycles. The van der Waals surface area contributed by atoms with Crippen molar-refractivity contribution in [3.63, 3.8) is 0 Å². The van der Waals surface area contributed by atoms with Gasteiger partial charge in [-0.1, -0.05) is 6.07 Å². The minimum Gasteiger partial charge on any atom is -0.454 e. The van der Waals surface area contributed by atoms with Gasteiger partial charge >= 0.3 is 5.97 Å². The Hall–Kier alpha value is -2.84. The smallest absolute Gasteiger partial charge is 0.338 e. The van der Waals surface area contributed by atoms with E-state index in [-0.39, 0.29) is 42.2 Å². The third kappa shape index (κ3) is 3.42. The molecule has 0 fully saturated rings. The summed E-state index contributed by atoms with van der Waals surface area (Å²) in [6.07, 6.45) is 0. The molecule has 0 N–H and O–H groups in total. The quantitative estimate of drug-likeness (QED) is 0.419. The predicted molar refractivity (Wildman–Crippen MR) is 92.6 cm³/mol. The summed E-state index contributed by atoms with van der Waals surface area (Å²) >= 11 is 1.26. The van der Waals surface area contributed by atoms with E-state index < -0.39 is 17.8 Å². The number of fused-ring (bicyclic) bond motifs is 1. The van der Waals surface area contributed by atoms with Gasteiger partial charge in [0, 0.05) is 7.11 Å². The number of carbonyl (C=O) groups excluding carboxylic acids is 4. The molecular weight excluding hydrogens is 358 g/mol. The van der Waals surface area contributed by atoms with Crippen LogP contribution < -0.4 is 0 Å². The van der Waals surface area contributed by atoms with Crippen LogP contribution in [-0.4, -0.2) is 55.3 Å². The number of hydrogen-bond acceptors (Lipinski definition) is 7. The molecule has 134 valence electrons. The lowest BCUT2D eigenvalue weighted by Gasteiger charge is -2.12. The number of Topliss-reactive ketones (excluding diaryl/α,β-unsaturated/α-hetero) is 1. The van der Waals surface area contributed by atoms with Gasteiger partial charge in [-0.2, -0.15) is 0 Å². The first-order valence-electron chi connectivity index (χ1n) is 7.76. The summed E-state index contributed by atoms with van der Waals surface area (Å²) in [5.74, 6) is -1.93. The van der Waals surface area contributed by atoms with Crippen LogP contribution in [0.15, 0.2) is 35.7 Å². The van der Waals surface area contributed by atoms with Crippen molar-refractivity contribution in [1.82, 2.24) is 4.90 Å². The molecular formula is C18H15NO6S. The van der Waals surface area contributed by atoms with E-state index in [1.54, 1.807) is 17.5 Å². The van der Waals surface area contributed by atoms with E-state index in [4.69, 9.17) is 9.47 Å². The Morgan fingerprint density at radius 2 is 1.88 bits per heavy atom. The van der Waals surface area contributed by atoms with Crippen LogP contribution >= 0.6 is 11.3 Å². The number of hydrogen-bond donors (Lipinski definition) is 0. The monoisotopic (exact) mass is 373 g/mol. The molecule has 2 heterocycles. The molecule has 1 aliphatic rings. The molecule has 0 bridgehead atoms. The highest BCUT2D eigenvalue weighted by atomic mass is 32.1. The number of methoxy groups -OCH3 is 1. The van der Waals surface area contributed by atoms with Crippen molar-refractivity contribution in [2.24, 2.45) is 0 Å².